The second-order valence-electron chi connectivity index (χ2n) is 5.16. The maximum absolute atomic E-state index is 12.4. The van der Waals surface area contributed by atoms with E-state index < -0.39 is 17.6 Å². The van der Waals surface area contributed by atoms with Crippen molar-refractivity contribution in [2.24, 2.45) is 5.92 Å². The molecule has 1 amide bonds. The Morgan fingerprint density at radius 2 is 2.00 bits per heavy atom. The molecule has 4 nitrogen and oxygen atoms in total. The SMILES string of the molecule is CNC(=O)[C@H](C#N)C(=O)c1cc2c(s1)-c1ccccc1CC2. The van der Waals surface area contributed by atoms with Crippen LogP contribution in [0.5, 0.6) is 0 Å². The minimum absolute atomic E-state index is 0.418. The van der Waals surface area contributed by atoms with E-state index in [-0.39, 0.29) is 0 Å². The molecule has 0 unspecified atom stereocenters. The number of carbonyl (C=O) groups excluding carboxylic acids is 2. The molecule has 3 rings (SSSR count). The summed E-state index contributed by atoms with van der Waals surface area (Å²) in [6, 6.07) is 11.8. The van der Waals surface area contributed by atoms with Crippen molar-refractivity contribution in [3.05, 3.63) is 46.3 Å². The predicted octanol–water partition coefficient (Wildman–Crippen LogP) is 2.58. The zero-order valence-corrected chi connectivity index (χ0v) is 12.9. The van der Waals surface area contributed by atoms with E-state index in [2.05, 4.69) is 17.4 Å². The van der Waals surface area contributed by atoms with Gasteiger partial charge in [-0.3, -0.25) is 9.59 Å². The molecule has 1 aromatic heterocycles. The molecule has 5 heteroatoms. The first-order valence-electron chi connectivity index (χ1n) is 7.02. The van der Waals surface area contributed by atoms with Crippen molar-refractivity contribution >= 4 is 23.0 Å². The van der Waals surface area contributed by atoms with Gasteiger partial charge in [-0.1, -0.05) is 24.3 Å². The number of nitrogens with zero attached hydrogens (tertiary/aromatic N) is 1. The maximum atomic E-state index is 12.4. The number of amides is 1. The van der Waals surface area contributed by atoms with Gasteiger partial charge in [0.15, 0.2) is 11.7 Å². The zero-order valence-electron chi connectivity index (χ0n) is 12.1. The molecule has 110 valence electrons. The predicted molar refractivity (Wildman–Crippen MR) is 84.7 cm³/mol. The summed E-state index contributed by atoms with van der Waals surface area (Å²) in [6.45, 7) is 0. The molecule has 22 heavy (non-hydrogen) atoms. The van der Waals surface area contributed by atoms with Crippen LogP contribution in [0.15, 0.2) is 30.3 Å². The molecule has 1 aliphatic carbocycles. The van der Waals surface area contributed by atoms with E-state index >= 15 is 0 Å². The molecule has 0 spiro atoms. The molecule has 1 aliphatic rings. The normalized spacial score (nSPS) is 13.5. The van der Waals surface area contributed by atoms with Gasteiger partial charge in [0, 0.05) is 11.9 Å². The van der Waals surface area contributed by atoms with E-state index in [4.69, 9.17) is 5.26 Å². The number of hydrogen-bond donors (Lipinski definition) is 1. The van der Waals surface area contributed by atoms with Gasteiger partial charge in [0.25, 0.3) is 0 Å². The summed E-state index contributed by atoms with van der Waals surface area (Å²) < 4.78 is 0. The highest BCUT2D eigenvalue weighted by Gasteiger charge is 2.30. The van der Waals surface area contributed by atoms with Gasteiger partial charge in [0.1, 0.15) is 0 Å². The number of thiophene rings is 1. The van der Waals surface area contributed by atoms with Gasteiger partial charge in [-0.2, -0.15) is 5.26 Å². The second kappa shape index (κ2) is 5.74. The van der Waals surface area contributed by atoms with Crippen LogP contribution in [0.4, 0.5) is 0 Å². The van der Waals surface area contributed by atoms with Crippen molar-refractivity contribution in [3.63, 3.8) is 0 Å². The van der Waals surface area contributed by atoms with E-state index in [1.54, 1.807) is 6.07 Å². The number of benzene rings is 1. The summed E-state index contributed by atoms with van der Waals surface area (Å²) in [4.78, 5) is 25.6. The fourth-order valence-corrected chi connectivity index (χ4v) is 3.96. The van der Waals surface area contributed by atoms with Crippen LogP contribution in [0.2, 0.25) is 0 Å². The van der Waals surface area contributed by atoms with Gasteiger partial charge in [-0.25, -0.2) is 0 Å². The Labute approximate surface area is 132 Å². The molecular formula is C17H14N2O2S. The van der Waals surface area contributed by atoms with Crippen molar-refractivity contribution in [2.45, 2.75) is 12.8 Å². The molecule has 0 saturated heterocycles. The molecule has 1 heterocycles. The highest BCUT2D eigenvalue weighted by molar-refractivity contribution is 7.17. The molecule has 0 radical (unpaired) electrons. The first-order chi connectivity index (χ1) is 10.7. The van der Waals surface area contributed by atoms with Gasteiger partial charge >= 0.3 is 0 Å². The molecular weight excluding hydrogens is 296 g/mol. The summed E-state index contributed by atoms with van der Waals surface area (Å²) >= 11 is 1.38. The number of carbonyl (C=O) groups is 2. The topological polar surface area (TPSA) is 70.0 Å². The first kappa shape index (κ1) is 14.5. The average molecular weight is 310 g/mol. The van der Waals surface area contributed by atoms with E-state index in [1.807, 2.05) is 18.2 Å². The van der Waals surface area contributed by atoms with Gasteiger partial charge in [0.2, 0.25) is 5.91 Å². The van der Waals surface area contributed by atoms with Crippen LogP contribution in [0, 0.1) is 17.2 Å². The van der Waals surface area contributed by atoms with Crippen molar-refractivity contribution in [3.8, 4) is 16.5 Å². The molecule has 2 aromatic rings. The number of fused-ring (bicyclic) bond motifs is 3. The van der Waals surface area contributed by atoms with Gasteiger partial charge < -0.3 is 5.32 Å². The highest BCUT2D eigenvalue weighted by Crippen LogP contribution is 2.40. The van der Waals surface area contributed by atoms with Crippen molar-refractivity contribution < 1.29 is 9.59 Å². The fourth-order valence-electron chi connectivity index (χ4n) is 2.72. The number of rotatable bonds is 3. The van der Waals surface area contributed by atoms with E-state index in [1.165, 1.54) is 23.9 Å². The molecule has 1 atom stereocenters. The molecule has 0 aliphatic heterocycles. The number of nitriles is 1. The second-order valence-corrected chi connectivity index (χ2v) is 6.21. The Hall–Kier alpha value is -2.45. The zero-order chi connectivity index (χ0) is 15.7. The van der Waals surface area contributed by atoms with Crippen LogP contribution in [-0.2, 0) is 17.6 Å². The van der Waals surface area contributed by atoms with Crippen molar-refractivity contribution in [1.29, 1.82) is 5.26 Å². The molecule has 0 bridgehead atoms. The minimum atomic E-state index is -1.28. The Morgan fingerprint density at radius 1 is 1.27 bits per heavy atom. The third-order valence-electron chi connectivity index (χ3n) is 3.88. The largest absolute Gasteiger partial charge is 0.358 e. The Balaban J connectivity index is 2.00. The fraction of sp³-hybridized carbons (Fsp3) is 0.235. The molecule has 0 fully saturated rings. The third kappa shape index (κ3) is 2.32. The average Bonchev–Trinajstić information content (AvgIpc) is 2.99. The summed E-state index contributed by atoms with van der Waals surface area (Å²) in [6.07, 6.45) is 1.83. The van der Waals surface area contributed by atoms with Crippen LogP contribution in [0.25, 0.3) is 10.4 Å². The van der Waals surface area contributed by atoms with Crippen LogP contribution >= 0.6 is 11.3 Å². The number of ketones is 1. The minimum Gasteiger partial charge on any atom is -0.358 e. The molecule has 0 saturated carbocycles. The standard InChI is InChI=1S/C17H14N2O2S/c1-19-17(21)13(9-18)15(20)14-8-11-7-6-10-4-2-3-5-12(10)16(11)22-14/h2-5,8,13H,6-7H2,1H3,(H,19,21)/t13-/m1/s1. The van der Waals surface area contributed by atoms with Crippen molar-refractivity contribution in [1.82, 2.24) is 5.32 Å². The summed E-state index contributed by atoms with van der Waals surface area (Å²) in [5.74, 6) is -2.25. The van der Waals surface area contributed by atoms with Crippen LogP contribution in [0.1, 0.15) is 20.8 Å². The van der Waals surface area contributed by atoms with Crippen molar-refractivity contribution in [2.75, 3.05) is 7.05 Å². The Bertz CT molecular complexity index is 801. The summed E-state index contributed by atoms with van der Waals surface area (Å²) in [5, 5.41) is 11.5. The van der Waals surface area contributed by atoms with Crippen LogP contribution < -0.4 is 5.32 Å². The summed E-state index contributed by atoms with van der Waals surface area (Å²) in [5.41, 5.74) is 3.56. The summed E-state index contributed by atoms with van der Waals surface area (Å²) in [7, 11) is 1.43. The van der Waals surface area contributed by atoms with E-state index in [0.717, 1.165) is 28.8 Å². The number of nitrogens with one attached hydrogen (secondary N) is 1. The molecule has 1 aromatic carbocycles. The smallest absolute Gasteiger partial charge is 0.245 e. The highest BCUT2D eigenvalue weighted by atomic mass is 32.1. The van der Waals surface area contributed by atoms with Crippen LogP contribution in [0.3, 0.4) is 0 Å². The Kier molecular flexibility index (Phi) is 3.78. The lowest BCUT2D eigenvalue weighted by Crippen LogP contribution is -2.31. The number of hydrogen-bond acceptors (Lipinski definition) is 4. The Morgan fingerprint density at radius 3 is 2.73 bits per heavy atom. The van der Waals surface area contributed by atoms with Gasteiger partial charge in [-0.05, 0) is 35.6 Å². The number of Topliss-reactive ketones (excluding diaryl/α,β-unsaturated/α-hetero) is 1. The first-order valence-corrected chi connectivity index (χ1v) is 7.83. The van der Waals surface area contributed by atoms with E-state index in [9.17, 15) is 9.59 Å². The lowest BCUT2D eigenvalue weighted by atomic mass is 9.91. The molecule has 1 N–H and O–H groups in total. The lowest BCUT2D eigenvalue weighted by Gasteiger charge is -2.15. The maximum Gasteiger partial charge on any atom is 0.245 e. The third-order valence-corrected chi connectivity index (χ3v) is 5.10. The van der Waals surface area contributed by atoms with E-state index in [0.29, 0.717) is 4.88 Å². The lowest BCUT2D eigenvalue weighted by molar-refractivity contribution is -0.121. The van der Waals surface area contributed by atoms with Crippen LogP contribution in [-0.4, -0.2) is 18.7 Å². The quantitative estimate of drug-likeness (QED) is 0.699. The van der Waals surface area contributed by atoms with Gasteiger partial charge in [-0.15, -0.1) is 11.3 Å². The monoisotopic (exact) mass is 310 g/mol. The number of aryl methyl sites for hydroxylation is 2. The van der Waals surface area contributed by atoms with Gasteiger partial charge in [0.05, 0.1) is 10.9 Å².